The molecule has 0 spiro atoms. The van der Waals surface area contributed by atoms with Crippen molar-refractivity contribution in [1.82, 2.24) is 14.8 Å². The molecule has 1 unspecified atom stereocenters. The van der Waals surface area contributed by atoms with Gasteiger partial charge >= 0.3 is 0 Å². The second kappa shape index (κ2) is 8.50. The number of allylic oxidation sites excluding steroid dienone is 1. The van der Waals surface area contributed by atoms with Crippen molar-refractivity contribution in [2.45, 2.75) is 23.9 Å². The minimum absolute atomic E-state index is 0.0666. The first-order valence-electron chi connectivity index (χ1n) is 8.26. The summed E-state index contributed by atoms with van der Waals surface area (Å²) in [5.41, 5.74) is 0.888. The van der Waals surface area contributed by atoms with Crippen molar-refractivity contribution in [3.63, 3.8) is 0 Å². The molecule has 1 atom stereocenters. The molecular formula is C20H17ClFN3OS. The van der Waals surface area contributed by atoms with Gasteiger partial charge in [-0.15, -0.1) is 16.8 Å². The molecule has 3 rings (SSSR count). The number of halogens is 2. The highest BCUT2D eigenvalue weighted by Crippen LogP contribution is 2.29. The van der Waals surface area contributed by atoms with E-state index in [0.717, 1.165) is 0 Å². The molecule has 3 aromatic rings. The molecule has 27 heavy (non-hydrogen) atoms. The summed E-state index contributed by atoms with van der Waals surface area (Å²) in [5, 5.41) is 8.93. The Morgan fingerprint density at radius 1 is 1.30 bits per heavy atom. The lowest BCUT2D eigenvalue weighted by Gasteiger charge is -2.12. The van der Waals surface area contributed by atoms with Gasteiger partial charge in [-0.2, -0.15) is 0 Å². The van der Waals surface area contributed by atoms with E-state index in [1.165, 1.54) is 17.8 Å². The van der Waals surface area contributed by atoms with Crippen molar-refractivity contribution in [3.8, 4) is 11.4 Å². The van der Waals surface area contributed by atoms with E-state index < -0.39 is 5.25 Å². The van der Waals surface area contributed by atoms with E-state index in [1.807, 2.05) is 0 Å². The van der Waals surface area contributed by atoms with Crippen LogP contribution >= 0.6 is 23.4 Å². The first-order chi connectivity index (χ1) is 13.0. The van der Waals surface area contributed by atoms with Gasteiger partial charge in [0.1, 0.15) is 5.82 Å². The number of ketones is 1. The number of carbonyl (C=O) groups is 1. The Balaban J connectivity index is 1.90. The Morgan fingerprint density at radius 3 is 2.78 bits per heavy atom. The Kier molecular flexibility index (Phi) is 6.08. The summed E-state index contributed by atoms with van der Waals surface area (Å²) in [7, 11) is 0. The van der Waals surface area contributed by atoms with Crippen LogP contribution in [0.25, 0.3) is 11.4 Å². The van der Waals surface area contributed by atoms with Gasteiger partial charge in [0.2, 0.25) is 0 Å². The van der Waals surface area contributed by atoms with Gasteiger partial charge in [-0.1, -0.05) is 53.7 Å². The molecule has 0 radical (unpaired) electrons. The number of benzene rings is 2. The third kappa shape index (κ3) is 4.28. The topological polar surface area (TPSA) is 47.8 Å². The number of hydrogen-bond donors (Lipinski definition) is 0. The molecule has 138 valence electrons. The van der Waals surface area contributed by atoms with E-state index in [-0.39, 0.29) is 11.6 Å². The Morgan fingerprint density at radius 2 is 2.07 bits per heavy atom. The van der Waals surface area contributed by atoms with Crippen molar-refractivity contribution in [3.05, 3.63) is 77.6 Å². The Labute approximate surface area is 166 Å². The maximum Gasteiger partial charge on any atom is 0.192 e. The Bertz CT molecular complexity index is 989. The van der Waals surface area contributed by atoms with Gasteiger partial charge in [-0.05, 0) is 31.2 Å². The summed E-state index contributed by atoms with van der Waals surface area (Å²) in [6, 6.07) is 13.2. The van der Waals surface area contributed by atoms with Crippen LogP contribution in [0.5, 0.6) is 0 Å². The zero-order chi connectivity index (χ0) is 19.4. The third-order valence-corrected chi connectivity index (χ3v) is 5.22. The van der Waals surface area contributed by atoms with Crippen molar-refractivity contribution in [1.29, 1.82) is 0 Å². The lowest BCUT2D eigenvalue weighted by Crippen LogP contribution is -2.15. The van der Waals surface area contributed by atoms with E-state index in [9.17, 15) is 9.18 Å². The summed E-state index contributed by atoms with van der Waals surface area (Å²) in [6.45, 7) is 5.94. The molecule has 1 aromatic heterocycles. The molecule has 7 heteroatoms. The molecule has 0 amide bonds. The molecule has 0 saturated carbocycles. The molecule has 4 nitrogen and oxygen atoms in total. The molecule has 0 aliphatic rings. The highest BCUT2D eigenvalue weighted by Gasteiger charge is 2.22. The molecular weight excluding hydrogens is 385 g/mol. The first kappa shape index (κ1) is 19.3. The summed E-state index contributed by atoms with van der Waals surface area (Å²) >= 11 is 7.24. The van der Waals surface area contributed by atoms with Gasteiger partial charge < -0.3 is 0 Å². The van der Waals surface area contributed by atoms with Crippen molar-refractivity contribution in [2.24, 2.45) is 0 Å². The van der Waals surface area contributed by atoms with Crippen LogP contribution in [-0.2, 0) is 6.54 Å². The van der Waals surface area contributed by atoms with Crippen LogP contribution < -0.4 is 0 Å². The second-order valence-electron chi connectivity index (χ2n) is 5.82. The molecule has 0 N–H and O–H groups in total. The average molecular weight is 402 g/mol. The molecule has 2 aromatic carbocycles. The van der Waals surface area contributed by atoms with E-state index >= 15 is 0 Å². The lowest BCUT2D eigenvalue weighted by molar-refractivity contribution is 0.0994. The van der Waals surface area contributed by atoms with Crippen LogP contribution in [-0.4, -0.2) is 25.8 Å². The van der Waals surface area contributed by atoms with E-state index in [1.54, 1.807) is 60.0 Å². The number of carbonyl (C=O) groups excluding carboxylic acids is 1. The maximum absolute atomic E-state index is 14.2. The maximum atomic E-state index is 14.2. The molecule has 0 aliphatic carbocycles. The smallest absolute Gasteiger partial charge is 0.192 e. The molecule has 0 saturated heterocycles. The third-order valence-electron chi connectivity index (χ3n) is 3.90. The summed E-state index contributed by atoms with van der Waals surface area (Å²) in [6.07, 6.45) is 1.68. The van der Waals surface area contributed by atoms with Gasteiger partial charge in [0.15, 0.2) is 16.8 Å². The fourth-order valence-corrected chi connectivity index (χ4v) is 3.73. The van der Waals surface area contributed by atoms with Crippen LogP contribution in [0.1, 0.15) is 17.3 Å². The number of hydrogen-bond acceptors (Lipinski definition) is 4. The second-order valence-corrected chi connectivity index (χ2v) is 7.56. The SMILES string of the molecule is C=CCn1c(SC(C)C(=O)c2cccc(Cl)c2)nnc1-c1ccccc1F. The quantitative estimate of drug-likeness (QED) is 0.306. The van der Waals surface area contributed by atoms with Gasteiger partial charge in [-0.25, -0.2) is 4.39 Å². The normalized spacial score (nSPS) is 12.0. The Hall–Kier alpha value is -2.44. The number of aromatic nitrogens is 3. The minimum atomic E-state index is -0.412. The molecule has 0 fully saturated rings. The van der Waals surface area contributed by atoms with E-state index in [4.69, 9.17) is 11.6 Å². The lowest BCUT2D eigenvalue weighted by atomic mass is 10.1. The van der Waals surface area contributed by atoms with Gasteiger partial charge in [0, 0.05) is 17.1 Å². The van der Waals surface area contributed by atoms with Crippen LogP contribution in [0.15, 0.2) is 66.3 Å². The summed E-state index contributed by atoms with van der Waals surface area (Å²) in [4.78, 5) is 12.7. The zero-order valence-corrected chi connectivity index (χ0v) is 16.2. The molecule has 0 aliphatic heterocycles. The van der Waals surface area contributed by atoms with Gasteiger partial charge in [0.25, 0.3) is 0 Å². The van der Waals surface area contributed by atoms with Crippen molar-refractivity contribution >= 4 is 29.1 Å². The first-order valence-corrected chi connectivity index (χ1v) is 9.52. The fraction of sp³-hybridized carbons (Fsp3) is 0.150. The number of thioether (sulfide) groups is 1. The largest absolute Gasteiger partial charge is 0.298 e. The number of Topliss-reactive ketones (excluding diaryl/α,β-unsaturated/α-hetero) is 1. The highest BCUT2D eigenvalue weighted by molar-refractivity contribution is 8.00. The fourth-order valence-electron chi connectivity index (χ4n) is 2.60. The van der Waals surface area contributed by atoms with Gasteiger partial charge in [-0.3, -0.25) is 9.36 Å². The van der Waals surface area contributed by atoms with Crippen LogP contribution in [0.3, 0.4) is 0 Å². The predicted molar refractivity (Wildman–Crippen MR) is 107 cm³/mol. The van der Waals surface area contributed by atoms with Crippen LogP contribution in [0.4, 0.5) is 4.39 Å². The van der Waals surface area contributed by atoms with Crippen molar-refractivity contribution < 1.29 is 9.18 Å². The minimum Gasteiger partial charge on any atom is -0.298 e. The van der Waals surface area contributed by atoms with Crippen LogP contribution in [0.2, 0.25) is 5.02 Å². The van der Waals surface area contributed by atoms with E-state index in [2.05, 4.69) is 16.8 Å². The predicted octanol–water partition coefficient (Wildman–Crippen LogP) is 5.29. The average Bonchev–Trinajstić information content (AvgIpc) is 3.04. The number of nitrogens with zero attached hydrogens (tertiary/aromatic N) is 3. The van der Waals surface area contributed by atoms with Crippen LogP contribution in [0, 0.1) is 5.82 Å². The molecule has 0 bridgehead atoms. The number of rotatable bonds is 7. The highest BCUT2D eigenvalue weighted by atomic mass is 35.5. The standard InChI is InChI=1S/C20H17ClFN3OS/c1-3-11-25-19(16-9-4-5-10-17(16)22)23-24-20(25)27-13(2)18(26)14-7-6-8-15(21)12-14/h3-10,12-13H,1,11H2,2H3. The zero-order valence-electron chi connectivity index (χ0n) is 14.6. The summed E-state index contributed by atoms with van der Waals surface area (Å²) < 4.78 is 15.9. The molecule has 1 heterocycles. The van der Waals surface area contributed by atoms with E-state index in [0.29, 0.717) is 33.7 Å². The van der Waals surface area contributed by atoms with Crippen molar-refractivity contribution in [2.75, 3.05) is 0 Å². The summed E-state index contributed by atoms with van der Waals surface area (Å²) in [5.74, 6) is -0.0455. The van der Waals surface area contributed by atoms with Gasteiger partial charge in [0.05, 0.1) is 10.8 Å². The monoisotopic (exact) mass is 401 g/mol.